The number of nitrogens with one attached hydrogen (secondary N) is 1. The first-order chi connectivity index (χ1) is 9.81. The third-order valence-corrected chi connectivity index (χ3v) is 2.94. The van der Waals surface area contributed by atoms with Crippen molar-refractivity contribution in [2.24, 2.45) is 0 Å². The van der Waals surface area contributed by atoms with Crippen LogP contribution in [-0.4, -0.2) is 0 Å². The summed E-state index contributed by atoms with van der Waals surface area (Å²) in [6.45, 7) is 0. The Balaban J connectivity index is 2.37. The van der Waals surface area contributed by atoms with E-state index in [9.17, 15) is 17.6 Å². The fourth-order valence-corrected chi connectivity index (χ4v) is 1.88. The van der Waals surface area contributed by atoms with Crippen LogP contribution < -0.4 is 5.32 Å². The van der Waals surface area contributed by atoms with E-state index < -0.39 is 23.1 Å². The van der Waals surface area contributed by atoms with Crippen LogP contribution in [0, 0.1) is 17.1 Å². The van der Waals surface area contributed by atoms with Gasteiger partial charge < -0.3 is 5.32 Å². The Morgan fingerprint density at radius 3 is 2.24 bits per heavy atom. The molecule has 7 heteroatoms. The Hall–Kier alpha value is -2.26. The molecule has 0 aliphatic carbocycles. The van der Waals surface area contributed by atoms with Crippen LogP contribution in [0.5, 0.6) is 0 Å². The van der Waals surface area contributed by atoms with E-state index in [-0.39, 0.29) is 10.7 Å². The smallest absolute Gasteiger partial charge is 0.355 e. The Morgan fingerprint density at radius 2 is 1.67 bits per heavy atom. The van der Waals surface area contributed by atoms with Gasteiger partial charge in [0.25, 0.3) is 0 Å². The van der Waals surface area contributed by atoms with E-state index in [1.807, 2.05) is 0 Å². The Bertz CT molecular complexity index is 720. The molecule has 0 radical (unpaired) electrons. The van der Waals surface area contributed by atoms with Crippen molar-refractivity contribution in [1.82, 2.24) is 0 Å². The minimum absolute atomic E-state index is 0.115. The van der Waals surface area contributed by atoms with Gasteiger partial charge in [-0.2, -0.15) is 18.4 Å². The van der Waals surface area contributed by atoms with Gasteiger partial charge in [-0.15, -0.1) is 0 Å². The highest BCUT2D eigenvalue weighted by Gasteiger charge is 2.33. The molecule has 0 saturated heterocycles. The fraction of sp³-hybridized carbons (Fsp3) is 0.0714. The second kappa shape index (κ2) is 5.62. The molecule has 0 aromatic heterocycles. The van der Waals surface area contributed by atoms with Crippen LogP contribution >= 0.6 is 11.6 Å². The molecule has 21 heavy (non-hydrogen) atoms. The molecule has 108 valence electrons. The average molecular weight is 315 g/mol. The van der Waals surface area contributed by atoms with Crippen LogP contribution in [0.2, 0.25) is 5.02 Å². The highest BCUT2D eigenvalue weighted by atomic mass is 35.5. The lowest BCUT2D eigenvalue weighted by Gasteiger charge is -2.12. The van der Waals surface area contributed by atoms with Crippen LogP contribution in [0.1, 0.15) is 11.1 Å². The Labute approximate surface area is 122 Å². The third-order valence-electron chi connectivity index (χ3n) is 2.65. The van der Waals surface area contributed by atoms with Crippen molar-refractivity contribution >= 4 is 23.0 Å². The van der Waals surface area contributed by atoms with Crippen LogP contribution in [0.3, 0.4) is 0 Å². The summed E-state index contributed by atoms with van der Waals surface area (Å²) in [5.41, 5.74) is -1.06. The lowest BCUT2D eigenvalue weighted by molar-refractivity contribution is -0.137. The quantitative estimate of drug-likeness (QED) is 0.782. The molecule has 0 aliphatic heterocycles. The molecule has 2 aromatic carbocycles. The zero-order valence-electron chi connectivity index (χ0n) is 10.3. The second-order valence-corrected chi connectivity index (χ2v) is 4.53. The van der Waals surface area contributed by atoms with Gasteiger partial charge in [-0.25, -0.2) is 4.39 Å². The van der Waals surface area contributed by atoms with E-state index in [4.69, 9.17) is 16.9 Å². The first kappa shape index (κ1) is 15.1. The summed E-state index contributed by atoms with van der Waals surface area (Å²) >= 11 is 5.59. The number of nitriles is 1. The molecule has 0 unspecified atom stereocenters. The highest BCUT2D eigenvalue weighted by molar-refractivity contribution is 6.31. The van der Waals surface area contributed by atoms with Crippen molar-refractivity contribution in [3.8, 4) is 6.07 Å². The summed E-state index contributed by atoms with van der Waals surface area (Å²) in [7, 11) is 0. The summed E-state index contributed by atoms with van der Waals surface area (Å²) in [6.07, 6.45) is -4.64. The van der Waals surface area contributed by atoms with Crippen molar-refractivity contribution in [3.05, 3.63) is 58.4 Å². The van der Waals surface area contributed by atoms with Gasteiger partial charge in [-0.05, 0) is 36.4 Å². The van der Waals surface area contributed by atoms with E-state index in [0.717, 1.165) is 18.2 Å². The summed E-state index contributed by atoms with van der Waals surface area (Å²) < 4.78 is 51.5. The standard InChI is InChI=1S/C14H7ClF4N2/c15-12-6-10(3-4-13(12)16)21-9-2-1-8(7-20)11(5-9)14(17,18)19/h1-6,21H. The minimum Gasteiger partial charge on any atom is -0.355 e. The topological polar surface area (TPSA) is 35.8 Å². The third kappa shape index (κ3) is 3.44. The van der Waals surface area contributed by atoms with Crippen molar-refractivity contribution in [3.63, 3.8) is 0 Å². The number of benzene rings is 2. The van der Waals surface area contributed by atoms with Crippen molar-refractivity contribution in [2.45, 2.75) is 6.18 Å². The van der Waals surface area contributed by atoms with Crippen LogP contribution in [0.4, 0.5) is 28.9 Å². The molecule has 0 spiro atoms. The maximum absolute atomic E-state index is 13.0. The predicted molar refractivity (Wildman–Crippen MR) is 70.9 cm³/mol. The Kier molecular flexibility index (Phi) is 4.05. The first-order valence-corrected chi connectivity index (χ1v) is 6.02. The van der Waals surface area contributed by atoms with Gasteiger partial charge in [0.1, 0.15) is 5.82 Å². The molecule has 0 aliphatic rings. The van der Waals surface area contributed by atoms with Crippen molar-refractivity contribution < 1.29 is 17.6 Å². The number of rotatable bonds is 2. The summed E-state index contributed by atoms with van der Waals surface area (Å²) in [5, 5.41) is 11.2. The second-order valence-electron chi connectivity index (χ2n) is 4.12. The number of alkyl halides is 3. The highest BCUT2D eigenvalue weighted by Crippen LogP contribution is 2.34. The Morgan fingerprint density at radius 1 is 1.05 bits per heavy atom. The monoisotopic (exact) mass is 314 g/mol. The van der Waals surface area contributed by atoms with Gasteiger partial charge in [-0.3, -0.25) is 0 Å². The molecule has 2 aromatic rings. The fourth-order valence-electron chi connectivity index (χ4n) is 1.69. The molecule has 2 nitrogen and oxygen atoms in total. The lowest BCUT2D eigenvalue weighted by atomic mass is 10.1. The van der Waals surface area contributed by atoms with E-state index in [1.54, 1.807) is 0 Å². The maximum Gasteiger partial charge on any atom is 0.417 e. The van der Waals surface area contributed by atoms with Gasteiger partial charge >= 0.3 is 6.18 Å². The minimum atomic E-state index is -4.64. The number of hydrogen-bond donors (Lipinski definition) is 1. The van der Waals surface area contributed by atoms with Crippen molar-refractivity contribution in [1.29, 1.82) is 5.26 Å². The SMILES string of the molecule is N#Cc1ccc(Nc2ccc(F)c(Cl)c2)cc1C(F)(F)F. The van der Waals surface area contributed by atoms with Gasteiger partial charge in [-0.1, -0.05) is 11.6 Å². The molecular formula is C14H7ClF4N2. The van der Waals surface area contributed by atoms with Crippen LogP contribution in [-0.2, 0) is 6.18 Å². The average Bonchev–Trinajstić information content (AvgIpc) is 2.42. The molecule has 0 atom stereocenters. The van der Waals surface area contributed by atoms with E-state index >= 15 is 0 Å². The van der Waals surface area contributed by atoms with Gasteiger partial charge in [0.2, 0.25) is 0 Å². The first-order valence-electron chi connectivity index (χ1n) is 5.64. The zero-order chi connectivity index (χ0) is 15.6. The molecule has 2 rings (SSSR count). The molecule has 0 amide bonds. The van der Waals surface area contributed by atoms with Crippen molar-refractivity contribution in [2.75, 3.05) is 5.32 Å². The lowest BCUT2D eigenvalue weighted by Crippen LogP contribution is -2.08. The predicted octanol–water partition coefficient (Wildman–Crippen LogP) is 5.11. The number of hydrogen-bond acceptors (Lipinski definition) is 2. The van der Waals surface area contributed by atoms with Crippen LogP contribution in [0.15, 0.2) is 36.4 Å². The zero-order valence-corrected chi connectivity index (χ0v) is 11.1. The summed E-state index contributed by atoms with van der Waals surface area (Å²) in [5.74, 6) is -0.627. The van der Waals surface area contributed by atoms with Crippen LogP contribution in [0.25, 0.3) is 0 Å². The van der Waals surface area contributed by atoms with E-state index in [1.165, 1.54) is 24.3 Å². The summed E-state index contributed by atoms with van der Waals surface area (Å²) in [4.78, 5) is 0. The maximum atomic E-state index is 13.0. The number of anilines is 2. The normalized spacial score (nSPS) is 11.0. The van der Waals surface area contributed by atoms with Gasteiger partial charge in [0.15, 0.2) is 0 Å². The molecule has 0 heterocycles. The van der Waals surface area contributed by atoms with E-state index in [2.05, 4.69) is 5.32 Å². The molecule has 1 N–H and O–H groups in total. The van der Waals surface area contributed by atoms with Gasteiger partial charge in [0.05, 0.1) is 22.2 Å². The summed E-state index contributed by atoms with van der Waals surface area (Å²) in [6, 6.07) is 8.39. The molecular weight excluding hydrogens is 308 g/mol. The molecule has 0 saturated carbocycles. The molecule has 0 fully saturated rings. The number of nitrogens with zero attached hydrogens (tertiary/aromatic N) is 1. The largest absolute Gasteiger partial charge is 0.417 e. The molecule has 0 bridgehead atoms. The number of halogens is 5. The van der Waals surface area contributed by atoms with E-state index in [0.29, 0.717) is 5.69 Å². The van der Waals surface area contributed by atoms with Gasteiger partial charge in [0, 0.05) is 11.4 Å².